The molecule has 0 aliphatic carbocycles. The Morgan fingerprint density at radius 2 is 2.32 bits per heavy atom. The number of anilines is 1. The molecule has 2 heterocycles. The van der Waals surface area contributed by atoms with E-state index in [0.29, 0.717) is 5.75 Å². The SMILES string of the molecule is Cc1n[nH]c(C)c1NC(=O)CSCc1ccc(Cl)s1. The van der Waals surface area contributed by atoms with Gasteiger partial charge < -0.3 is 5.32 Å². The van der Waals surface area contributed by atoms with Crippen LogP contribution in [0.4, 0.5) is 5.69 Å². The third-order valence-electron chi connectivity index (χ3n) is 2.50. The number of carbonyl (C=O) groups excluding carboxylic acids is 1. The highest BCUT2D eigenvalue weighted by Crippen LogP contribution is 2.25. The lowest BCUT2D eigenvalue weighted by molar-refractivity contribution is -0.113. The topological polar surface area (TPSA) is 57.8 Å². The number of nitrogens with zero attached hydrogens (tertiary/aromatic N) is 1. The van der Waals surface area contributed by atoms with Crippen molar-refractivity contribution in [2.45, 2.75) is 19.6 Å². The summed E-state index contributed by atoms with van der Waals surface area (Å²) in [5.74, 6) is 1.20. The molecule has 2 aromatic heterocycles. The fraction of sp³-hybridized carbons (Fsp3) is 0.333. The summed E-state index contributed by atoms with van der Waals surface area (Å²) in [4.78, 5) is 13.0. The van der Waals surface area contributed by atoms with E-state index in [9.17, 15) is 4.79 Å². The van der Waals surface area contributed by atoms with Crippen molar-refractivity contribution in [3.8, 4) is 0 Å². The highest BCUT2D eigenvalue weighted by atomic mass is 35.5. The van der Waals surface area contributed by atoms with Crippen molar-refractivity contribution in [2.75, 3.05) is 11.1 Å². The van der Waals surface area contributed by atoms with Crippen molar-refractivity contribution >= 4 is 46.3 Å². The van der Waals surface area contributed by atoms with Gasteiger partial charge in [-0.1, -0.05) is 11.6 Å². The number of aryl methyl sites for hydroxylation is 2. The maximum atomic E-state index is 11.8. The molecule has 0 atom stereocenters. The molecule has 0 fully saturated rings. The number of hydrogen-bond acceptors (Lipinski definition) is 4. The van der Waals surface area contributed by atoms with Gasteiger partial charge in [0.1, 0.15) is 0 Å². The van der Waals surface area contributed by atoms with Crippen molar-refractivity contribution < 1.29 is 4.79 Å². The number of halogens is 1. The van der Waals surface area contributed by atoms with E-state index in [2.05, 4.69) is 15.5 Å². The van der Waals surface area contributed by atoms with E-state index < -0.39 is 0 Å². The number of thiophene rings is 1. The second-order valence-corrected chi connectivity index (χ2v) is 6.84. The van der Waals surface area contributed by atoms with Crippen molar-refractivity contribution in [3.05, 3.63) is 32.7 Å². The summed E-state index contributed by atoms with van der Waals surface area (Å²) < 4.78 is 0.782. The van der Waals surface area contributed by atoms with Crippen molar-refractivity contribution in [1.29, 1.82) is 0 Å². The second kappa shape index (κ2) is 6.45. The van der Waals surface area contributed by atoms with Gasteiger partial charge in [-0.15, -0.1) is 23.1 Å². The maximum absolute atomic E-state index is 11.8. The summed E-state index contributed by atoms with van der Waals surface area (Å²) in [5.41, 5.74) is 2.46. The Morgan fingerprint density at radius 3 is 2.89 bits per heavy atom. The normalized spacial score (nSPS) is 10.7. The van der Waals surface area contributed by atoms with Gasteiger partial charge in [0.25, 0.3) is 0 Å². The highest BCUT2D eigenvalue weighted by molar-refractivity contribution is 7.99. The largest absolute Gasteiger partial charge is 0.322 e. The zero-order valence-corrected chi connectivity index (χ0v) is 13.0. The Bertz CT molecular complexity index is 560. The molecule has 0 radical (unpaired) electrons. The van der Waals surface area contributed by atoms with Gasteiger partial charge >= 0.3 is 0 Å². The molecule has 0 aliphatic rings. The number of aromatic amines is 1. The van der Waals surface area contributed by atoms with Crippen LogP contribution in [0.2, 0.25) is 4.34 Å². The number of aromatic nitrogens is 2. The number of thioether (sulfide) groups is 1. The molecule has 1 amide bonds. The summed E-state index contributed by atoms with van der Waals surface area (Å²) >= 11 is 8.97. The fourth-order valence-electron chi connectivity index (χ4n) is 1.58. The van der Waals surface area contributed by atoms with Gasteiger partial charge in [0, 0.05) is 10.6 Å². The average molecular weight is 316 g/mol. The Balaban J connectivity index is 1.79. The first-order valence-electron chi connectivity index (χ1n) is 5.69. The van der Waals surface area contributed by atoms with Crippen LogP contribution in [-0.4, -0.2) is 21.9 Å². The number of hydrogen-bond donors (Lipinski definition) is 2. The average Bonchev–Trinajstić information content (AvgIpc) is 2.90. The van der Waals surface area contributed by atoms with Gasteiger partial charge in [0.2, 0.25) is 5.91 Å². The first-order chi connectivity index (χ1) is 9.06. The van der Waals surface area contributed by atoms with E-state index in [1.807, 2.05) is 26.0 Å². The number of nitrogens with one attached hydrogen (secondary N) is 2. The molecule has 102 valence electrons. The van der Waals surface area contributed by atoms with E-state index in [1.54, 1.807) is 23.1 Å². The number of amides is 1. The molecule has 2 rings (SSSR count). The summed E-state index contributed by atoms with van der Waals surface area (Å²) in [6, 6.07) is 3.86. The Hall–Kier alpha value is -0.980. The minimum absolute atomic E-state index is 0.0137. The van der Waals surface area contributed by atoms with Gasteiger partial charge in [-0.05, 0) is 26.0 Å². The van der Waals surface area contributed by atoms with Crippen LogP contribution in [0.15, 0.2) is 12.1 Å². The van der Waals surface area contributed by atoms with Crippen LogP contribution in [0, 0.1) is 13.8 Å². The summed E-state index contributed by atoms with van der Waals surface area (Å²) in [5, 5.41) is 9.76. The van der Waals surface area contributed by atoms with Crippen LogP contribution >= 0.6 is 34.7 Å². The zero-order chi connectivity index (χ0) is 13.8. The predicted octanol–water partition coefficient (Wildman–Crippen LogP) is 3.61. The zero-order valence-electron chi connectivity index (χ0n) is 10.6. The molecule has 2 N–H and O–H groups in total. The van der Waals surface area contributed by atoms with Crippen LogP contribution in [0.25, 0.3) is 0 Å². The Labute approximate surface area is 124 Å². The van der Waals surface area contributed by atoms with E-state index in [0.717, 1.165) is 27.2 Å². The van der Waals surface area contributed by atoms with Crippen LogP contribution < -0.4 is 5.32 Å². The maximum Gasteiger partial charge on any atom is 0.234 e. The van der Waals surface area contributed by atoms with Gasteiger partial charge in [-0.25, -0.2) is 0 Å². The molecule has 19 heavy (non-hydrogen) atoms. The van der Waals surface area contributed by atoms with Gasteiger partial charge in [0.05, 0.1) is 27.2 Å². The van der Waals surface area contributed by atoms with Crippen LogP contribution in [0.1, 0.15) is 16.3 Å². The van der Waals surface area contributed by atoms with E-state index in [-0.39, 0.29) is 5.91 Å². The fourth-order valence-corrected chi connectivity index (χ4v) is 3.61. The minimum atomic E-state index is -0.0137. The molecule has 0 unspecified atom stereocenters. The lowest BCUT2D eigenvalue weighted by Crippen LogP contribution is -2.15. The number of carbonyl (C=O) groups is 1. The standard InChI is InChI=1S/C12H14ClN3OS2/c1-7-12(8(2)16-15-7)14-11(17)6-18-5-9-3-4-10(13)19-9/h3-4H,5-6H2,1-2H3,(H,14,17)(H,15,16). The Morgan fingerprint density at radius 1 is 1.53 bits per heavy atom. The minimum Gasteiger partial charge on any atom is -0.322 e. The predicted molar refractivity (Wildman–Crippen MR) is 82.2 cm³/mol. The molecular formula is C12H14ClN3OS2. The van der Waals surface area contributed by atoms with Crippen molar-refractivity contribution in [3.63, 3.8) is 0 Å². The van der Waals surface area contributed by atoms with Crippen LogP contribution in [0.3, 0.4) is 0 Å². The van der Waals surface area contributed by atoms with E-state index >= 15 is 0 Å². The molecule has 4 nitrogen and oxygen atoms in total. The van der Waals surface area contributed by atoms with Gasteiger partial charge in [-0.3, -0.25) is 9.89 Å². The van der Waals surface area contributed by atoms with Gasteiger partial charge in [-0.2, -0.15) is 5.10 Å². The summed E-state index contributed by atoms with van der Waals surface area (Å²) in [6.07, 6.45) is 0. The van der Waals surface area contributed by atoms with Gasteiger partial charge in [0.15, 0.2) is 0 Å². The highest BCUT2D eigenvalue weighted by Gasteiger charge is 2.10. The lowest BCUT2D eigenvalue weighted by atomic mass is 10.3. The third-order valence-corrected chi connectivity index (χ3v) is 4.89. The summed E-state index contributed by atoms with van der Waals surface area (Å²) in [6.45, 7) is 3.75. The van der Waals surface area contributed by atoms with Crippen LogP contribution in [-0.2, 0) is 10.5 Å². The first kappa shape index (κ1) is 14.4. The molecule has 0 aliphatic heterocycles. The number of H-pyrrole nitrogens is 1. The number of rotatable bonds is 5. The molecule has 0 aromatic carbocycles. The van der Waals surface area contributed by atoms with E-state index in [4.69, 9.17) is 11.6 Å². The summed E-state index contributed by atoms with van der Waals surface area (Å²) in [7, 11) is 0. The molecule has 0 saturated heterocycles. The van der Waals surface area contributed by atoms with Crippen LogP contribution in [0.5, 0.6) is 0 Å². The molecule has 7 heteroatoms. The third kappa shape index (κ3) is 3.99. The van der Waals surface area contributed by atoms with E-state index in [1.165, 1.54) is 4.88 Å². The van der Waals surface area contributed by atoms with Crippen molar-refractivity contribution in [1.82, 2.24) is 10.2 Å². The Kier molecular flexibility index (Phi) is 4.90. The monoisotopic (exact) mass is 315 g/mol. The molecular weight excluding hydrogens is 302 g/mol. The molecule has 0 spiro atoms. The van der Waals surface area contributed by atoms with Crippen molar-refractivity contribution in [2.24, 2.45) is 0 Å². The smallest absolute Gasteiger partial charge is 0.234 e. The lowest BCUT2D eigenvalue weighted by Gasteiger charge is -2.04. The first-order valence-corrected chi connectivity index (χ1v) is 8.04. The second-order valence-electron chi connectivity index (χ2n) is 4.06. The molecule has 0 saturated carbocycles. The molecule has 2 aromatic rings. The quantitative estimate of drug-likeness (QED) is 0.886. The molecule has 0 bridgehead atoms.